The third kappa shape index (κ3) is 1.22. The van der Waals surface area contributed by atoms with Crippen LogP contribution >= 0.6 is 0 Å². The molecule has 1 aromatic carbocycles. The van der Waals surface area contributed by atoms with Crippen LogP contribution in [0.2, 0.25) is 0 Å². The molecule has 0 saturated carbocycles. The Bertz CT molecular complexity index is 629. The van der Waals surface area contributed by atoms with Gasteiger partial charge in [0, 0.05) is 18.0 Å². The van der Waals surface area contributed by atoms with Crippen LogP contribution in [-0.4, -0.2) is 19.6 Å². The lowest BCUT2D eigenvalue weighted by atomic mass is 10.2. The SMILES string of the molecule is Nc1nccn2c(-c3ccccc3)nnc12. The van der Waals surface area contributed by atoms with Crippen LogP contribution in [0.4, 0.5) is 5.82 Å². The zero-order valence-electron chi connectivity index (χ0n) is 8.41. The number of anilines is 1. The lowest BCUT2D eigenvalue weighted by Crippen LogP contribution is -1.96. The van der Waals surface area contributed by atoms with E-state index in [-0.39, 0.29) is 0 Å². The summed E-state index contributed by atoms with van der Waals surface area (Å²) in [5.74, 6) is 1.15. The molecule has 16 heavy (non-hydrogen) atoms. The molecule has 3 aromatic rings. The first-order chi connectivity index (χ1) is 7.86. The molecule has 0 saturated heterocycles. The molecule has 78 valence electrons. The predicted octanol–water partition coefficient (Wildman–Crippen LogP) is 1.37. The molecule has 2 N–H and O–H groups in total. The Morgan fingerprint density at radius 3 is 2.69 bits per heavy atom. The van der Waals surface area contributed by atoms with Gasteiger partial charge in [-0.3, -0.25) is 4.40 Å². The van der Waals surface area contributed by atoms with Gasteiger partial charge in [0.05, 0.1) is 0 Å². The first kappa shape index (κ1) is 8.84. The molecule has 0 radical (unpaired) electrons. The van der Waals surface area contributed by atoms with Gasteiger partial charge in [0.2, 0.25) is 5.65 Å². The molecule has 0 atom stereocenters. The molecule has 0 fully saturated rings. The summed E-state index contributed by atoms with van der Waals surface area (Å²) in [4.78, 5) is 3.97. The average Bonchev–Trinajstić information content (AvgIpc) is 2.75. The van der Waals surface area contributed by atoms with Crippen molar-refractivity contribution in [2.45, 2.75) is 0 Å². The highest BCUT2D eigenvalue weighted by Gasteiger charge is 2.09. The van der Waals surface area contributed by atoms with Crippen LogP contribution in [-0.2, 0) is 0 Å². The molecule has 0 amide bonds. The van der Waals surface area contributed by atoms with Crippen molar-refractivity contribution in [1.29, 1.82) is 0 Å². The van der Waals surface area contributed by atoms with E-state index in [2.05, 4.69) is 15.2 Å². The monoisotopic (exact) mass is 211 g/mol. The maximum atomic E-state index is 5.71. The molecule has 5 nitrogen and oxygen atoms in total. The van der Waals surface area contributed by atoms with Crippen molar-refractivity contribution < 1.29 is 0 Å². The summed E-state index contributed by atoms with van der Waals surface area (Å²) in [5.41, 5.74) is 7.30. The highest BCUT2D eigenvalue weighted by Crippen LogP contribution is 2.18. The predicted molar refractivity (Wildman–Crippen MR) is 60.6 cm³/mol. The van der Waals surface area contributed by atoms with Gasteiger partial charge in [-0.05, 0) is 0 Å². The van der Waals surface area contributed by atoms with Crippen LogP contribution in [0.25, 0.3) is 17.0 Å². The van der Waals surface area contributed by atoms with Gasteiger partial charge in [0.15, 0.2) is 11.6 Å². The summed E-state index contributed by atoms with van der Waals surface area (Å²) in [5, 5.41) is 8.14. The smallest absolute Gasteiger partial charge is 0.203 e. The summed E-state index contributed by atoms with van der Waals surface area (Å²) < 4.78 is 1.83. The molecule has 0 spiro atoms. The number of rotatable bonds is 1. The Hall–Kier alpha value is -2.43. The van der Waals surface area contributed by atoms with Crippen molar-refractivity contribution in [3.63, 3.8) is 0 Å². The minimum atomic E-state index is 0.386. The maximum Gasteiger partial charge on any atom is 0.203 e. The Labute approximate surface area is 91.6 Å². The number of nitrogens with two attached hydrogens (primary N) is 1. The van der Waals surface area contributed by atoms with Crippen LogP contribution in [0.3, 0.4) is 0 Å². The third-order valence-corrected chi connectivity index (χ3v) is 2.39. The normalized spacial score (nSPS) is 10.8. The summed E-state index contributed by atoms with van der Waals surface area (Å²) in [7, 11) is 0. The van der Waals surface area contributed by atoms with Gasteiger partial charge in [0.25, 0.3) is 0 Å². The second-order valence-electron chi connectivity index (χ2n) is 3.40. The molecule has 3 rings (SSSR count). The molecule has 2 heterocycles. The van der Waals surface area contributed by atoms with Crippen LogP contribution in [0.15, 0.2) is 42.7 Å². The lowest BCUT2D eigenvalue weighted by molar-refractivity contribution is 1.11. The number of nitrogen functional groups attached to an aromatic ring is 1. The second kappa shape index (κ2) is 3.30. The van der Waals surface area contributed by atoms with Crippen molar-refractivity contribution in [1.82, 2.24) is 19.6 Å². The maximum absolute atomic E-state index is 5.71. The minimum Gasteiger partial charge on any atom is -0.381 e. The van der Waals surface area contributed by atoms with Gasteiger partial charge >= 0.3 is 0 Å². The Morgan fingerprint density at radius 2 is 1.88 bits per heavy atom. The van der Waals surface area contributed by atoms with Crippen molar-refractivity contribution >= 4 is 11.5 Å². The Balaban J connectivity index is 2.30. The quantitative estimate of drug-likeness (QED) is 0.660. The fourth-order valence-electron chi connectivity index (χ4n) is 1.63. The fraction of sp³-hybridized carbons (Fsp3) is 0. The number of fused-ring (bicyclic) bond motifs is 1. The van der Waals surface area contributed by atoms with Gasteiger partial charge in [-0.1, -0.05) is 30.3 Å². The highest BCUT2D eigenvalue weighted by molar-refractivity contribution is 5.65. The van der Waals surface area contributed by atoms with E-state index in [1.54, 1.807) is 12.4 Å². The third-order valence-electron chi connectivity index (χ3n) is 2.39. The first-order valence-electron chi connectivity index (χ1n) is 4.87. The number of hydrogen-bond acceptors (Lipinski definition) is 4. The van der Waals surface area contributed by atoms with Gasteiger partial charge in [-0.2, -0.15) is 0 Å². The van der Waals surface area contributed by atoms with Gasteiger partial charge in [-0.15, -0.1) is 10.2 Å². The molecule has 5 heteroatoms. The molecule has 0 aliphatic carbocycles. The first-order valence-corrected chi connectivity index (χ1v) is 4.87. The highest BCUT2D eigenvalue weighted by atomic mass is 15.3. The topological polar surface area (TPSA) is 69.1 Å². The largest absolute Gasteiger partial charge is 0.381 e. The summed E-state index contributed by atoms with van der Waals surface area (Å²) in [6.45, 7) is 0. The second-order valence-corrected chi connectivity index (χ2v) is 3.40. The number of benzene rings is 1. The summed E-state index contributed by atoms with van der Waals surface area (Å²) >= 11 is 0. The zero-order valence-corrected chi connectivity index (χ0v) is 8.41. The van der Waals surface area contributed by atoms with E-state index >= 15 is 0 Å². The van der Waals surface area contributed by atoms with Crippen LogP contribution in [0, 0.1) is 0 Å². The lowest BCUT2D eigenvalue weighted by Gasteiger charge is -1.99. The van der Waals surface area contributed by atoms with Crippen molar-refractivity contribution in [2.75, 3.05) is 5.73 Å². The molecular formula is C11H9N5. The Morgan fingerprint density at radius 1 is 1.06 bits per heavy atom. The van der Waals surface area contributed by atoms with E-state index in [0.29, 0.717) is 11.5 Å². The van der Waals surface area contributed by atoms with Gasteiger partial charge in [-0.25, -0.2) is 4.98 Å². The molecular weight excluding hydrogens is 202 g/mol. The molecule has 0 aliphatic heterocycles. The molecule has 0 aliphatic rings. The fourth-order valence-corrected chi connectivity index (χ4v) is 1.63. The van der Waals surface area contributed by atoms with Crippen LogP contribution in [0.5, 0.6) is 0 Å². The number of aromatic nitrogens is 4. The van der Waals surface area contributed by atoms with Crippen molar-refractivity contribution in [2.24, 2.45) is 0 Å². The zero-order chi connectivity index (χ0) is 11.0. The van der Waals surface area contributed by atoms with Crippen LogP contribution in [0.1, 0.15) is 0 Å². The summed E-state index contributed by atoms with van der Waals surface area (Å²) in [6.07, 6.45) is 3.44. The Kier molecular flexibility index (Phi) is 1.83. The van der Waals surface area contributed by atoms with Gasteiger partial charge in [0.1, 0.15) is 0 Å². The van der Waals surface area contributed by atoms with E-state index < -0.39 is 0 Å². The van der Waals surface area contributed by atoms with E-state index in [1.807, 2.05) is 34.7 Å². The van der Waals surface area contributed by atoms with E-state index in [4.69, 9.17) is 5.73 Å². The molecule has 0 unspecified atom stereocenters. The summed E-state index contributed by atoms with van der Waals surface area (Å²) in [6, 6.07) is 9.84. The molecule has 0 bridgehead atoms. The minimum absolute atomic E-state index is 0.386. The van der Waals surface area contributed by atoms with Crippen molar-refractivity contribution in [3.05, 3.63) is 42.7 Å². The standard InChI is InChI=1S/C11H9N5/c12-9-11-15-14-10(16(11)7-6-13-9)8-4-2-1-3-5-8/h1-7H,(H2,12,13). The van der Waals surface area contributed by atoms with E-state index in [9.17, 15) is 0 Å². The molecule has 2 aromatic heterocycles. The average molecular weight is 211 g/mol. The van der Waals surface area contributed by atoms with Crippen LogP contribution < -0.4 is 5.73 Å². The van der Waals surface area contributed by atoms with Gasteiger partial charge < -0.3 is 5.73 Å². The van der Waals surface area contributed by atoms with Crippen molar-refractivity contribution in [3.8, 4) is 11.4 Å². The van der Waals surface area contributed by atoms with E-state index in [1.165, 1.54) is 0 Å². The number of nitrogens with zero attached hydrogens (tertiary/aromatic N) is 4. The van der Waals surface area contributed by atoms with E-state index in [0.717, 1.165) is 11.4 Å². The number of hydrogen-bond donors (Lipinski definition) is 1.